The van der Waals surface area contributed by atoms with Gasteiger partial charge in [-0.25, -0.2) is 4.98 Å². The predicted octanol–water partition coefficient (Wildman–Crippen LogP) is 4.27. The van der Waals surface area contributed by atoms with Crippen molar-refractivity contribution in [3.63, 3.8) is 0 Å². The van der Waals surface area contributed by atoms with Crippen molar-refractivity contribution < 1.29 is 4.79 Å². The van der Waals surface area contributed by atoms with Crippen LogP contribution in [0, 0.1) is 12.3 Å². The molecule has 154 valence electrons. The molecule has 2 aliphatic rings. The number of hydrogen-bond acceptors (Lipinski definition) is 5. The third-order valence-corrected chi connectivity index (χ3v) is 6.21. The Morgan fingerprint density at radius 3 is 2.55 bits per heavy atom. The molecule has 2 aromatic rings. The summed E-state index contributed by atoms with van der Waals surface area (Å²) in [7, 11) is 0. The third kappa shape index (κ3) is 4.28. The van der Waals surface area contributed by atoms with Crippen LogP contribution < -0.4 is 10.2 Å². The molecule has 0 saturated carbocycles. The maximum Gasteiger partial charge on any atom is 0.253 e. The van der Waals surface area contributed by atoms with Gasteiger partial charge in [0.15, 0.2) is 0 Å². The van der Waals surface area contributed by atoms with Crippen LogP contribution in [0.5, 0.6) is 0 Å². The van der Waals surface area contributed by atoms with Crippen molar-refractivity contribution >= 4 is 40.9 Å². The largest absolute Gasteiger partial charge is 0.356 e. The fraction of sp³-hybridized carbons (Fsp3) is 0.476. The van der Waals surface area contributed by atoms with E-state index in [0.717, 1.165) is 57.1 Å². The van der Waals surface area contributed by atoms with Gasteiger partial charge in [-0.2, -0.15) is 4.98 Å². The van der Waals surface area contributed by atoms with Crippen LogP contribution in [0.3, 0.4) is 0 Å². The van der Waals surface area contributed by atoms with E-state index in [1.165, 1.54) is 0 Å². The van der Waals surface area contributed by atoms with E-state index in [9.17, 15) is 4.79 Å². The van der Waals surface area contributed by atoms with Gasteiger partial charge in [0.2, 0.25) is 5.95 Å². The first kappa shape index (κ1) is 20.2. The van der Waals surface area contributed by atoms with Crippen LogP contribution in [-0.4, -0.2) is 53.5 Å². The standard InChI is InChI=1S/C21H25Cl2N5O/c1-3-24-20-25-14(2)8-18(26-20)27-6-4-21(12-27)5-7-28(13-21)19(29)15-9-16(22)11-17(23)10-15/h8-11H,3-7,12-13H2,1-2H3,(H,24,25,26). The topological polar surface area (TPSA) is 61.4 Å². The van der Waals surface area contributed by atoms with Gasteiger partial charge in [-0.15, -0.1) is 0 Å². The van der Waals surface area contributed by atoms with Gasteiger partial charge in [-0.05, 0) is 44.9 Å². The first-order valence-electron chi connectivity index (χ1n) is 9.97. The molecule has 2 fully saturated rings. The van der Waals surface area contributed by atoms with E-state index in [1.807, 2.05) is 24.8 Å². The maximum atomic E-state index is 13.0. The van der Waals surface area contributed by atoms with Crippen molar-refractivity contribution in [3.8, 4) is 0 Å². The van der Waals surface area contributed by atoms with Crippen LogP contribution >= 0.6 is 23.2 Å². The Morgan fingerprint density at radius 2 is 1.83 bits per heavy atom. The molecule has 1 aromatic heterocycles. The van der Waals surface area contributed by atoms with E-state index in [0.29, 0.717) is 21.6 Å². The number of nitrogens with zero attached hydrogens (tertiary/aromatic N) is 4. The van der Waals surface area contributed by atoms with Crippen LogP contribution in [0.4, 0.5) is 11.8 Å². The Balaban J connectivity index is 1.47. The normalized spacial score (nSPS) is 21.2. The number of rotatable bonds is 4. The van der Waals surface area contributed by atoms with Crippen molar-refractivity contribution in [1.29, 1.82) is 0 Å². The van der Waals surface area contributed by atoms with Crippen LogP contribution in [0.25, 0.3) is 0 Å². The van der Waals surface area contributed by atoms with Gasteiger partial charge in [0, 0.05) is 65.5 Å². The molecule has 6 nitrogen and oxygen atoms in total. The lowest BCUT2D eigenvalue weighted by Gasteiger charge is -2.25. The number of halogens is 2. The molecule has 2 saturated heterocycles. The number of aromatic nitrogens is 2. The van der Waals surface area contributed by atoms with Gasteiger partial charge in [0.05, 0.1) is 0 Å². The average molecular weight is 434 g/mol. The Hall–Kier alpha value is -2.05. The van der Waals surface area contributed by atoms with E-state index >= 15 is 0 Å². The molecule has 2 aliphatic heterocycles. The van der Waals surface area contributed by atoms with Gasteiger partial charge in [0.25, 0.3) is 5.91 Å². The summed E-state index contributed by atoms with van der Waals surface area (Å²) in [5, 5.41) is 4.17. The zero-order chi connectivity index (χ0) is 20.6. The highest BCUT2D eigenvalue weighted by atomic mass is 35.5. The molecule has 29 heavy (non-hydrogen) atoms. The lowest BCUT2D eigenvalue weighted by molar-refractivity contribution is 0.0776. The second-order valence-electron chi connectivity index (χ2n) is 8.03. The maximum absolute atomic E-state index is 13.0. The van der Waals surface area contributed by atoms with Crippen LogP contribution in [0.2, 0.25) is 10.0 Å². The lowest BCUT2D eigenvalue weighted by atomic mass is 9.86. The second-order valence-corrected chi connectivity index (χ2v) is 8.90. The third-order valence-electron chi connectivity index (χ3n) is 5.77. The second kappa shape index (κ2) is 8.00. The lowest BCUT2D eigenvalue weighted by Crippen LogP contribution is -2.34. The van der Waals surface area contributed by atoms with Gasteiger partial charge in [0.1, 0.15) is 5.82 Å². The molecule has 0 bridgehead atoms. The number of benzene rings is 1. The van der Waals surface area contributed by atoms with Crippen LogP contribution in [0.1, 0.15) is 35.8 Å². The number of hydrogen-bond donors (Lipinski definition) is 1. The van der Waals surface area contributed by atoms with Gasteiger partial charge in [-0.3, -0.25) is 4.79 Å². The van der Waals surface area contributed by atoms with Crippen LogP contribution in [0.15, 0.2) is 24.3 Å². The molecule has 1 amide bonds. The summed E-state index contributed by atoms with van der Waals surface area (Å²) in [5.74, 6) is 1.62. The Morgan fingerprint density at radius 1 is 1.10 bits per heavy atom. The fourth-order valence-corrected chi connectivity index (χ4v) is 4.91. The summed E-state index contributed by atoms with van der Waals surface area (Å²) in [6, 6.07) is 7.05. The van der Waals surface area contributed by atoms with E-state index < -0.39 is 0 Å². The fourth-order valence-electron chi connectivity index (χ4n) is 4.38. The molecule has 1 aromatic carbocycles. The number of carbonyl (C=O) groups excluding carboxylic acids is 1. The summed E-state index contributed by atoms with van der Waals surface area (Å²) in [6.45, 7) is 8.15. The number of aryl methyl sites for hydroxylation is 1. The molecule has 0 aliphatic carbocycles. The van der Waals surface area contributed by atoms with Crippen molar-refractivity contribution in [1.82, 2.24) is 14.9 Å². The summed E-state index contributed by atoms with van der Waals surface area (Å²) < 4.78 is 0. The van der Waals surface area contributed by atoms with Crippen LogP contribution in [-0.2, 0) is 0 Å². The minimum Gasteiger partial charge on any atom is -0.356 e. The van der Waals surface area contributed by atoms with Gasteiger partial charge in [-0.1, -0.05) is 23.2 Å². The smallest absolute Gasteiger partial charge is 0.253 e. The number of likely N-dealkylation sites (tertiary alicyclic amines) is 1. The molecule has 1 unspecified atom stereocenters. The summed E-state index contributed by atoms with van der Waals surface area (Å²) in [5.41, 5.74) is 1.61. The van der Waals surface area contributed by atoms with E-state index in [1.54, 1.807) is 18.2 Å². The number of anilines is 2. The van der Waals surface area contributed by atoms with Gasteiger partial charge < -0.3 is 15.1 Å². The summed E-state index contributed by atoms with van der Waals surface area (Å²) in [6.07, 6.45) is 2.04. The Kier molecular flexibility index (Phi) is 5.58. The molecular weight excluding hydrogens is 409 g/mol. The van der Waals surface area contributed by atoms with E-state index in [2.05, 4.69) is 20.2 Å². The number of carbonyl (C=O) groups is 1. The first-order chi connectivity index (χ1) is 13.9. The molecule has 0 radical (unpaired) electrons. The van der Waals surface area contributed by atoms with E-state index in [-0.39, 0.29) is 11.3 Å². The molecule has 4 rings (SSSR count). The highest BCUT2D eigenvalue weighted by Crippen LogP contribution is 2.41. The number of amides is 1. The SMILES string of the molecule is CCNc1nc(C)cc(N2CCC3(CCN(C(=O)c4cc(Cl)cc(Cl)c4)C3)C2)n1. The van der Waals surface area contributed by atoms with Crippen molar-refractivity contribution in [2.24, 2.45) is 5.41 Å². The molecule has 1 atom stereocenters. The zero-order valence-electron chi connectivity index (χ0n) is 16.7. The van der Waals surface area contributed by atoms with Gasteiger partial charge >= 0.3 is 0 Å². The number of nitrogens with one attached hydrogen (secondary N) is 1. The quantitative estimate of drug-likeness (QED) is 0.779. The van der Waals surface area contributed by atoms with Crippen molar-refractivity contribution in [2.45, 2.75) is 26.7 Å². The summed E-state index contributed by atoms with van der Waals surface area (Å²) >= 11 is 12.2. The van der Waals surface area contributed by atoms with Crippen molar-refractivity contribution in [3.05, 3.63) is 45.6 Å². The highest BCUT2D eigenvalue weighted by Gasteiger charge is 2.45. The minimum atomic E-state index is -0.00274. The zero-order valence-corrected chi connectivity index (χ0v) is 18.2. The molecule has 1 spiro atoms. The molecule has 1 N–H and O–H groups in total. The minimum absolute atomic E-state index is 0.00274. The summed E-state index contributed by atoms with van der Waals surface area (Å²) in [4.78, 5) is 26.3. The van der Waals surface area contributed by atoms with Crippen molar-refractivity contribution in [2.75, 3.05) is 42.9 Å². The van der Waals surface area contributed by atoms with E-state index in [4.69, 9.17) is 23.2 Å². The predicted molar refractivity (Wildman–Crippen MR) is 117 cm³/mol. The average Bonchev–Trinajstić information content (AvgIpc) is 3.27. The highest BCUT2D eigenvalue weighted by molar-refractivity contribution is 6.35. The molecule has 8 heteroatoms. The monoisotopic (exact) mass is 433 g/mol. The Labute approximate surface area is 181 Å². The molecule has 3 heterocycles. The molecular formula is C21H25Cl2N5O. The Bertz CT molecular complexity index is 917. The first-order valence-corrected chi connectivity index (χ1v) is 10.7.